The quantitative estimate of drug-likeness (QED) is 0.883. The molecule has 3 rings (SSSR count). The number of aromatic nitrogens is 2. The second kappa shape index (κ2) is 6.26. The van der Waals surface area contributed by atoms with Gasteiger partial charge in [0.25, 0.3) is 0 Å². The molecule has 0 bridgehead atoms. The van der Waals surface area contributed by atoms with Crippen LogP contribution in [0.25, 0.3) is 11.0 Å². The summed E-state index contributed by atoms with van der Waals surface area (Å²) in [7, 11) is 0. The maximum atomic E-state index is 12.4. The minimum atomic E-state index is -0.886. The lowest BCUT2D eigenvalue weighted by atomic mass is 9.73. The summed E-state index contributed by atoms with van der Waals surface area (Å²) in [6.07, 6.45) is 1.21. The molecule has 1 amide bonds. The monoisotopic (exact) mass is 329 g/mol. The molecular formula is C18H23N3O3. The number of carbonyl (C=O) groups is 2. The number of rotatable bonds is 5. The van der Waals surface area contributed by atoms with Crippen molar-refractivity contribution in [1.29, 1.82) is 0 Å². The van der Waals surface area contributed by atoms with Gasteiger partial charge in [0.2, 0.25) is 5.91 Å². The number of amides is 1. The van der Waals surface area contributed by atoms with E-state index < -0.39 is 17.8 Å². The number of carboxylic acids is 1. The molecule has 1 saturated carbocycles. The summed E-state index contributed by atoms with van der Waals surface area (Å²) >= 11 is 0. The minimum absolute atomic E-state index is 0.191. The lowest BCUT2D eigenvalue weighted by Gasteiger charge is -2.33. The lowest BCUT2D eigenvalue weighted by molar-refractivity contribution is -0.152. The molecule has 6 heteroatoms. The molecule has 0 saturated heterocycles. The van der Waals surface area contributed by atoms with E-state index in [1.165, 1.54) is 0 Å². The van der Waals surface area contributed by atoms with E-state index in [4.69, 9.17) is 5.11 Å². The molecule has 2 N–H and O–H groups in total. The number of hydrogen-bond acceptors (Lipinski definition) is 3. The normalized spacial score (nSPS) is 21.5. The fourth-order valence-corrected chi connectivity index (χ4v) is 3.41. The summed E-state index contributed by atoms with van der Waals surface area (Å²) in [5.41, 5.74) is 1.94. The number of aliphatic carboxylic acids is 1. The van der Waals surface area contributed by atoms with Gasteiger partial charge < -0.3 is 15.0 Å². The molecule has 6 nitrogen and oxygen atoms in total. The van der Waals surface area contributed by atoms with E-state index in [2.05, 4.69) is 28.7 Å². The third-order valence-corrected chi connectivity index (χ3v) is 4.81. The smallest absolute Gasteiger partial charge is 0.307 e. The van der Waals surface area contributed by atoms with E-state index in [0.29, 0.717) is 12.8 Å². The highest BCUT2D eigenvalue weighted by atomic mass is 16.4. The maximum absolute atomic E-state index is 12.4. The van der Waals surface area contributed by atoms with Gasteiger partial charge in [0.15, 0.2) is 0 Å². The van der Waals surface area contributed by atoms with Gasteiger partial charge in [-0.2, -0.15) is 0 Å². The van der Waals surface area contributed by atoms with Gasteiger partial charge in [0.05, 0.1) is 28.9 Å². The van der Waals surface area contributed by atoms with Crippen molar-refractivity contribution in [3.63, 3.8) is 0 Å². The van der Waals surface area contributed by atoms with Gasteiger partial charge in [0.1, 0.15) is 5.82 Å². The molecule has 1 fully saturated rings. The number of hydrogen-bond donors (Lipinski definition) is 2. The van der Waals surface area contributed by atoms with Crippen LogP contribution in [0.4, 0.5) is 0 Å². The van der Waals surface area contributed by atoms with E-state index in [1.54, 1.807) is 0 Å². The zero-order chi connectivity index (χ0) is 17.4. The van der Waals surface area contributed by atoms with Gasteiger partial charge >= 0.3 is 5.97 Å². The van der Waals surface area contributed by atoms with Gasteiger partial charge in [0, 0.05) is 6.04 Å². The summed E-state index contributed by atoms with van der Waals surface area (Å²) in [6, 6.07) is 7.83. The number of carbonyl (C=O) groups excluding carboxylic acids is 1. The molecule has 1 aromatic carbocycles. The average Bonchev–Trinajstić information content (AvgIpc) is 2.84. The van der Waals surface area contributed by atoms with Crippen molar-refractivity contribution in [1.82, 2.24) is 14.9 Å². The third kappa shape index (κ3) is 2.77. The average molecular weight is 329 g/mol. The van der Waals surface area contributed by atoms with Crippen LogP contribution in [0.1, 0.15) is 51.5 Å². The van der Waals surface area contributed by atoms with E-state index in [-0.39, 0.29) is 18.0 Å². The van der Waals surface area contributed by atoms with E-state index >= 15 is 0 Å². The second-order valence-electron chi connectivity index (χ2n) is 6.78. The molecule has 3 atom stereocenters. The Morgan fingerprint density at radius 2 is 1.88 bits per heavy atom. The summed E-state index contributed by atoms with van der Waals surface area (Å²) in [5.74, 6) is -1.26. The van der Waals surface area contributed by atoms with E-state index in [9.17, 15) is 9.59 Å². The van der Waals surface area contributed by atoms with Gasteiger partial charge in [-0.15, -0.1) is 0 Å². The molecular weight excluding hydrogens is 306 g/mol. The predicted molar refractivity (Wildman–Crippen MR) is 90.5 cm³/mol. The van der Waals surface area contributed by atoms with Crippen molar-refractivity contribution in [2.24, 2.45) is 11.8 Å². The first-order chi connectivity index (χ1) is 11.4. The number of para-hydroxylation sites is 2. The van der Waals surface area contributed by atoms with Crippen molar-refractivity contribution in [3.05, 3.63) is 30.1 Å². The SMILES string of the molecule is CC(NC(=O)C1CCC1C(=O)O)c1nc2ccccc2n1C(C)C. The van der Waals surface area contributed by atoms with Crippen LogP contribution in [-0.4, -0.2) is 26.5 Å². The highest BCUT2D eigenvalue weighted by Gasteiger charge is 2.41. The van der Waals surface area contributed by atoms with Gasteiger partial charge in [-0.25, -0.2) is 4.98 Å². The van der Waals surface area contributed by atoms with Crippen molar-refractivity contribution >= 4 is 22.9 Å². The van der Waals surface area contributed by atoms with Crippen LogP contribution in [0.2, 0.25) is 0 Å². The fraction of sp³-hybridized carbons (Fsp3) is 0.500. The zero-order valence-electron chi connectivity index (χ0n) is 14.2. The van der Waals surface area contributed by atoms with Gasteiger partial charge in [-0.1, -0.05) is 12.1 Å². The Morgan fingerprint density at radius 3 is 2.46 bits per heavy atom. The van der Waals surface area contributed by atoms with Crippen LogP contribution in [0.15, 0.2) is 24.3 Å². The number of carboxylic acid groups (broad SMARTS) is 1. The largest absolute Gasteiger partial charge is 0.481 e. The Labute approximate surface area is 140 Å². The van der Waals surface area contributed by atoms with Crippen molar-refractivity contribution in [2.75, 3.05) is 0 Å². The van der Waals surface area contributed by atoms with Crippen LogP contribution < -0.4 is 5.32 Å². The third-order valence-electron chi connectivity index (χ3n) is 4.81. The molecule has 24 heavy (non-hydrogen) atoms. The number of nitrogens with one attached hydrogen (secondary N) is 1. The fourth-order valence-electron chi connectivity index (χ4n) is 3.41. The summed E-state index contributed by atoms with van der Waals surface area (Å²) in [4.78, 5) is 28.2. The zero-order valence-corrected chi connectivity index (χ0v) is 14.2. The molecule has 0 radical (unpaired) electrons. The first kappa shape index (κ1) is 16.5. The molecule has 128 valence electrons. The Kier molecular flexibility index (Phi) is 4.30. The maximum Gasteiger partial charge on any atom is 0.307 e. The van der Waals surface area contributed by atoms with Crippen LogP contribution in [-0.2, 0) is 9.59 Å². The van der Waals surface area contributed by atoms with Crippen molar-refractivity contribution in [3.8, 4) is 0 Å². The predicted octanol–water partition coefficient (Wildman–Crippen LogP) is 2.91. The van der Waals surface area contributed by atoms with Gasteiger partial charge in [-0.05, 0) is 45.7 Å². The standard InChI is InChI=1S/C18H23N3O3/c1-10(2)21-15-7-5-4-6-14(15)20-16(21)11(3)19-17(22)12-8-9-13(12)18(23)24/h4-7,10-13H,8-9H2,1-3H3,(H,19,22)(H,23,24). The lowest BCUT2D eigenvalue weighted by Crippen LogP contribution is -2.45. The highest BCUT2D eigenvalue weighted by molar-refractivity contribution is 5.86. The summed E-state index contributed by atoms with van der Waals surface area (Å²) in [5, 5.41) is 12.1. The molecule has 0 aliphatic heterocycles. The van der Waals surface area contributed by atoms with Crippen molar-refractivity contribution < 1.29 is 14.7 Å². The van der Waals surface area contributed by atoms with Crippen LogP contribution in [0, 0.1) is 11.8 Å². The van der Waals surface area contributed by atoms with Crippen molar-refractivity contribution in [2.45, 2.75) is 45.7 Å². The van der Waals surface area contributed by atoms with Gasteiger partial charge in [-0.3, -0.25) is 9.59 Å². The van der Waals surface area contributed by atoms with Crippen LogP contribution >= 0.6 is 0 Å². The molecule has 1 aromatic heterocycles. The molecule has 3 unspecified atom stereocenters. The minimum Gasteiger partial charge on any atom is -0.481 e. The first-order valence-corrected chi connectivity index (χ1v) is 8.40. The first-order valence-electron chi connectivity index (χ1n) is 8.40. The molecule has 1 aliphatic rings. The second-order valence-corrected chi connectivity index (χ2v) is 6.78. The Morgan fingerprint density at radius 1 is 1.21 bits per heavy atom. The topological polar surface area (TPSA) is 84.2 Å². The molecule has 1 aliphatic carbocycles. The number of benzene rings is 1. The van der Waals surface area contributed by atoms with Crippen LogP contribution in [0.3, 0.4) is 0 Å². The van der Waals surface area contributed by atoms with E-state index in [1.807, 2.05) is 31.2 Å². The molecule has 1 heterocycles. The number of imidazole rings is 1. The molecule has 0 spiro atoms. The molecule has 2 aromatic rings. The Hall–Kier alpha value is -2.37. The Bertz CT molecular complexity index is 781. The number of fused-ring (bicyclic) bond motifs is 1. The Balaban J connectivity index is 1.84. The van der Waals surface area contributed by atoms with Crippen LogP contribution in [0.5, 0.6) is 0 Å². The highest BCUT2D eigenvalue weighted by Crippen LogP contribution is 2.35. The summed E-state index contributed by atoms with van der Waals surface area (Å²) < 4.78 is 2.12. The number of nitrogens with zero attached hydrogens (tertiary/aromatic N) is 2. The van der Waals surface area contributed by atoms with E-state index in [0.717, 1.165) is 16.9 Å². The summed E-state index contributed by atoms with van der Waals surface area (Å²) in [6.45, 7) is 6.06.